The van der Waals surface area contributed by atoms with E-state index in [9.17, 15) is 13.2 Å². The number of benzene rings is 3. The Bertz CT molecular complexity index is 1560. The molecule has 0 aliphatic heterocycles. The van der Waals surface area contributed by atoms with Gasteiger partial charge in [0, 0.05) is 17.7 Å². The Morgan fingerprint density at radius 3 is 2.38 bits per heavy atom. The number of aryl methyl sites for hydroxylation is 2. The highest BCUT2D eigenvalue weighted by atomic mass is 32.2. The van der Waals surface area contributed by atoms with E-state index in [2.05, 4.69) is 0 Å². The van der Waals surface area contributed by atoms with Crippen molar-refractivity contribution in [1.29, 1.82) is 0 Å². The number of ether oxygens (including phenoxy) is 3. The van der Waals surface area contributed by atoms with E-state index in [-0.39, 0.29) is 35.3 Å². The molecule has 0 bridgehead atoms. The molecule has 2 aliphatic rings. The van der Waals surface area contributed by atoms with E-state index in [1.54, 1.807) is 0 Å². The van der Waals surface area contributed by atoms with E-state index in [0.717, 1.165) is 39.8 Å². The van der Waals surface area contributed by atoms with Crippen molar-refractivity contribution in [2.24, 2.45) is 11.8 Å². The second-order valence-corrected chi connectivity index (χ2v) is 14.0. The fraction of sp³-hybridized carbons (Fsp3) is 0.441. The first-order valence-corrected chi connectivity index (χ1v) is 16.7. The SMILES string of the molecule is CCOC(=O)C1CC1c1ccc(OC2CCc3c(-c4c(C)cc(OCC(C)CS(C)(=O)=O)cc4C)ccc(F)c32)cc1. The van der Waals surface area contributed by atoms with Gasteiger partial charge in [-0.25, -0.2) is 12.8 Å². The number of esters is 1. The van der Waals surface area contributed by atoms with Gasteiger partial charge in [-0.15, -0.1) is 0 Å². The second-order valence-electron chi connectivity index (χ2n) is 11.8. The summed E-state index contributed by atoms with van der Waals surface area (Å²) in [5, 5.41) is 0. The van der Waals surface area contributed by atoms with Crippen LogP contribution in [-0.4, -0.2) is 39.6 Å². The van der Waals surface area contributed by atoms with Gasteiger partial charge >= 0.3 is 5.97 Å². The average molecular weight is 595 g/mol. The Kier molecular flexibility index (Phi) is 8.65. The lowest BCUT2D eigenvalue weighted by Gasteiger charge is -2.19. The van der Waals surface area contributed by atoms with Crippen LogP contribution in [0, 0.1) is 31.5 Å². The van der Waals surface area contributed by atoms with Crippen LogP contribution >= 0.6 is 0 Å². The van der Waals surface area contributed by atoms with Gasteiger partial charge in [0.05, 0.1) is 24.9 Å². The summed E-state index contributed by atoms with van der Waals surface area (Å²) in [6.07, 6.45) is 3.03. The minimum Gasteiger partial charge on any atom is -0.493 e. The summed E-state index contributed by atoms with van der Waals surface area (Å²) in [6.45, 7) is 8.41. The molecule has 5 rings (SSSR count). The first kappa shape index (κ1) is 30.1. The third-order valence-corrected chi connectivity index (χ3v) is 9.32. The number of carbonyl (C=O) groups is 1. The molecular formula is C34H39FO6S. The van der Waals surface area contributed by atoms with Crippen molar-refractivity contribution in [3.8, 4) is 22.6 Å². The zero-order valence-corrected chi connectivity index (χ0v) is 25.7. The Labute approximate surface area is 248 Å². The summed E-state index contributed by atoms with van der Waals surface area (Å²) in [7, 11) is -3.07. The Morgan fingerprint density at radius 1 is 1.05 bits per heavy atom. The zero-order chi connectivity index (χ0) is 30.2. The summed E-state index contributed by atoms with van der Waals surface area (Å²) in [4.78, 5) is 12.0. The highest BCUT2D eigenvalue weighted by Crippen LogP contribution is 2.49. The summed E-state index contributed by atoms with van der Waals surface area (Å²) in [6, 6.07) is 15.1. The van der Waals surface area contributed by atoms with Gasteiger partial charge in [-0.2, -0.15) is 0 Å². The van der Waals surface area contributed by atoms with Gasteiger partial charge in [0.15, 0.2) is 0 Å². The zero-order valence-electron chi connectivity index (χ0n) is 24.9. The molecule has 0 spiro atoms. The first-order valence-electron chi connectivity index (χ1n) is 14.6. The van der Waals surface area contributed by atoms with E-state index in [0.29, 0.717) is 43.1 Å². The van der Waals surface area contributed by atoms with Crippen molar-refractivity contribution in [3.63, 3.8) is 0 Å². The third-order valence-electron chi connectivity index (χ3n) is 8.15. The monoisotopic (exact) mass is 594 g/mol. The van der Waals surface area contributed by atoms with E-state index in [1.165, 1.54) is 12.3 Å². The van der Waals surface area contributed by atoms with Crippen LogP contribution in [0.1, 0.15) is 66.5 Å². The fourth-order valence-corrected chi connectivity index (χ4v) is 7.42. The predicted molar refractivity (Wildman–Crippen MR) is 161 cm³/mol. The van der Waals surface area contributed by atoms with Crippen molar-refractivity contribution >= 4 is 15.8 Å². The molecule has 224 valence electrons. The van der Waals surface area contributed by atoms with E-state index < -0.39 is 15.9 Å². The van der Waals surface area contributed by atoms with Crippen LogP contribution in [0.2, 0.25) is 0 Å². The Balaban J connectivity index is 1.31. The number of rotatable bonds is 11. The van der Waals surface area contributed by atoms with Crippen molar-refractivity contribution in [3.05, 3.63) is 82.2 Å². The number of sulfone groups is 1. The normalized spacial score (nSPS) is 20.1. The number of hydrogen-bond acceptors (Lipinski definition) is 6. The maximum absolute atomic E-state index is 15.3. The minimum absolute atomic E-state index is 0.0677. The second kappa shape index (κ2) is 12.1. The summed E-state index contributed by atoms with van der Waals surface area (Å²) >= 11 is 0. The van der Waals surface area contributed by atoms with Crippen molar-refractivity contribution in [2.45, 2.75) is 59.0 Å². The van der Waals surface area contributed by atoms with E-state index in [1.807, 2.05) is 70.2 Å². The van der Waals surface area contributed by atoms with Gasteiger partial charge in [-0.3, -0.25) is 4.79 Å². The number of hydrogen-bond donors (Lipinski definition) is 0. The summed E-state index contributed by atoms with van der Waals surface area (Å²) in [5.74, 6) is 1.04. The topological polar surface area (TPSA) is 78.9 Å². The highest BCUT2D eigenvalue weighted by molar-refractivity contribution is 7.90. The van der Waals surface area contributed by atoms with Crippen LogP contribution in [0.25, 0.3) is 11.1 Å². The standard InChI is InChI=1S/C34H39FO6S/c1-6-39-34(36)29-17-28(29)23-7-9-24(10-8-23)41-31-14-12-27-26(11-13-30(35)33(27)31)32-21(3)15-25(16-22(32)4)40-18-20(2)19-42(5,37)38/h7-11,13,15-16,20,28-29,31H,6,12,14,17-19H2,1-5H3. The van der Waals surface area contributed by atoms with E-state index >= 15 is 4.39 Å². The molecule has 42 heavy (non-hydrogen) atoms. The van der Waals surface area contributed by atoms with Crippen molar-refractivity contribution < 1.29 is 31.8 Å². The molecule has 3 aromatic carbocycles. The van der Waals surface area contributed by atoms with Crippen molar-refractivity contribution in [2.75, 3.05) is 25.2 Å². The largest absolute Gasteiger partial charge is 0.493 e. The lowest BCUT2D eigenvalue weighted by molar-refractivity contribution is -0.144. The molecule has 4 unspecified atom stereocenters. The molecule has 4 atom stereocenters. The first-order chi connectivity index (χ1) is 19.9. The van der Waals surface area contributed by atoms with Gasteiger partial charge < -0.3 is 14.2 Å². The molecule has 2 aliphatic carbocycles. The van der Waals surface area contributed by atoms with Gasteiger partial charge in [0.2, 0.25) is 0 Å². The lowest BCUT2D eigenvalue weighted by atomic mass is 9.90. The smallest absolute Gasteiger partial charge is 0.309 e. The van der Waals surface area contributed by atoms with Crippen molar-refractivity contribution in [1.82, 2.24) is 0 Å². The lowest BCUT2D eigenvalue weighted by Crippen LogP contribution is -2.18. The molecule has 8 heteroatoms. The molecule has 0 saturated heterocycles. The van der Waals surface area contributed by atoms with Crippen LogP contribution in [0.3, 0.4) is 0 Å². The summed E-state index contributed by atoms with van der Waals surface area (Å²) < 4.78 is 55.9. The van der Waals surface area contributed by atoms with Crippen LogP contribution in [0.15, 0.2) is 48.5 Å². The van der Waals surface area contributed by atoms with Gasteiger partial charge in [-0.1, -0.05) is 25.1 Å². The molecule has 3 aromatic rings. The molecule has 1 saturated carbocycles. The quantitative estimate of drug-likeness (QED) is 0.225. The van der Waals surface area contributed by atoms with Crippen LogP contribution in [0.4, 0.5) is 4.39 Å². The maximum atomic E-state index is 15.3. The fourth-order valence-electron chi connectivity index (χ4n) is 6.29. The van der Waals surface area contributed by atoms with Crippen LogP contribution < -0.4 is 9.47 Å². The number of carbonyl (C=O) groups excluding carboxylic acids is 1. The summed E-state index contributed by atoms with van der Waals surface area (Å²) in [5.41, 5.74) is 6.73. The molecule has 1 fully saturated rings. The maximum Gasteiger partial charge on any atom is 0.309 e. The third kappa shape index (κ3) is 6.64. The number of fused-ring (bicyclic) bond motifs is 1. The predicted octanol–water partition coefficient (Wildman–Crippen LogP) is 6.90. The molecule has 0 amide bonds. The Morgan fingerprint density at radius 2 is 1.74 bits per heavy atom. The Hall–Kier alpha value is -3.39. The van der Waals surface area contributed by atoms with Gasteiger partial charge in [0.25, 0.3) is 0 Å². The van der Waals surface area contributed by atoms with Gasteiger partial charge in [-0.05, 0) is 110 Å². The van der Waals surface area contributed by atoms with Crippen LogP contribution in [0.5, 0.6) is 11.5 Å². The van der Waals surface area contributed by atoms with Gasteiger partial charge in [0.1, 0.15) is 33.3 Å². The molecule has 0 aromatic heterocycles. The molecule has 6 nitrogen and oxygen atoms in total. The molecular weight excluding hydrogens is 555 g/mol. The average Bonchev–Trinajstić information content (AvgIpc) is 3.61. The molecule has 0 radical (unpaired) electrons. The minimum atomic E-state index is -3.07. The van der Waals surface area contributed by atoms with E-state index in [4.69, 9.17) is 14.2 Å². The molecule has 0 heterocycles. The van der Waals surface area contributed by atoms with Crippen LogP contribution in [-0.2, 0) is 25.8 Å². The highest BCUT2D eigenvalue weighted by Gasteiger charge is 2.45. The number of halogens is 1. The molecule has 0 N–H and O–H groups in total.